The van der Waals surface area contributed by atoms with Crippen LogP contribution in [-0.4, -0.2) is 49.4 Å². The maximum absolute atomic E-state index is 12.3. The highest BCUT2D eigenvalue weighted by Gasteiger charge is 2.30. The van der Waals surface area contributed by atoms with Crippen molar-refractivity contribution >= 4 is 7.82 Å². The summed E-state index contributed by atoms with van der Waals surface area (Å²) in [5.74, 6) is 0. The van der Waals surface area contributed by atoms with Crippen LogP contribution >= 0.6 is 7.82 Å². The number of ether oxygens (including phenoxy) is 2. The van der Waals surface area contributed by atoms with Gasteiger partial charge in [0, 0.05) is 23.5 Å². The fourth-order valence-electron chi connectivity index (χ4n) is 3.41. The van der Waals surface area contributed by atoms with Gasteiger partial charge in [0.05, 0.1) is 13.2 Å². The molecular weight excluding hydrogens is 487 g/mol. The lowest BCUT2D eigenvalue weighted by molar-refractivity contribution is -0.0248. The highest BCUT2D eigenvalue weighted by atomic mass is 31.2. The molecule has 0 saturated carbocycles. The first kappa shape index (κ1) is 25.0. The van der Waals surface area contributed by atoms with E-state index in [4.69, 9.17) is 18.5 Å². The maximum Gasteiger partial charge on any atom is 0.472 e. The molecule has 0 bridgehead atoms. The van der Waals surface area contributed by atoms with Gasteiger partial charge in [0.1, 0.15) is 12.2 Å². The summed E-state index contributed by atoms with van der Waals surface area (Å²) in [6.07, 6.45) is 5.77. The molecule has 0 aliphatic carbocycles. The molecule has 0 unspecified atom stereocenters. The molecule has 3 N–H and O–H groups in total. The van der Waals surface area contributed by atoms with Gasteiger partial charge in [-0.15, -0.1) is 0 Å². The van der Waals surface area contributed by atoms with Crippen LogP contribution in [0.25, 0.3) is 0 Å². The summed E-state index contributed by atoms with van der Waals surface area (Å²) in [7, 11) is -4.49. The van der Waals surface area contributed by atoms with Crippen molar-refractivity contribution in [2.45, 2.75) is 38.5 Å². The third kappa shape index (κ3) is 5.75. The molecule has 2 aliphatic rings. The number of rotatable bonds is 8. The van der Waals surface area contributed by atoms with Crippen molar-refractivity contribution in [3.8, 4) is 0 Å². The van der Waals surface area contributed by atoms with E-state index in [9.17, 15) is 28.6 Å². The minimum atomic E-state index is -4.49. The number of nitrogens with zero attached hydrogens (tertiary/aromatic N) is 2. The van der Waals surface area contributed by atoms with Gasteiger partial charge in [-0.2, -0.15) is 0 Å². The van der Waals surface area contributed by atoms with Crippen LogP contribution in [0.3, 0.4) is 0 Å². The lowest BCUT2D eigenvalue weighted by Gasteiger charge is -2.19. The van der Waals surface area contributed by atoms with E-state index in [2.05, 4.69) is 9.97 Å². The van der Waals surface area contributed by atoms with Crippen molar-refractivity contribution in [1.82, 2.24) is 19.1 Å². The Balaban J connectivity index is 1.26. The first-order chi connectivity index (χ1) is 16.5. The van der Waals surface area contributed by atoms with E-state index < -0.39 is 55.0 Å². The molecule has 0 saturated heterocycles. The van der Waals surface area contributed by atoms with Gasteiger partial charge in [-0.05, 0) is 26.0 Å². The Morgan fingerprint density at radius 2 is 1.23 bits per heavy atom. The third-order valence-corrected chi connectivity index (χ3v) is 6.20. The van der Waals surface area contributed by atoms with Gasteiger partial charge in [-0.3, -0.25) is 37.7 Å². The SMILES string of the molecule is Cc1cn([C@H]2C=C[C@@H](COP(=O)(O)OC[C@@H]3C=C[C@H](n4cc(C)c(=O)[nH]c4=O)O3)O2)c(=O)[nH]c1=O. The Morgan fingerprint density at radius 3 is 1.63 bits per heavy atom. The fraction of sp³-hybridized carbons (Fsp3) is 0.400. The van der Waals surface area contributed by atoms with Crippen molar-refractivity contribution in [2.75, 3.05) is 13.2 Å². The molecule has 0 amide bonds. The molecular formula is C20H23N4O10P. The van der Waals surface area contributed by atoms with Gasteiger partial charge in [0.2, 0.25) is 0 Å². The predicted octanol–water partition coefficient (Wildman–Crippen LogP) is -0.256. The Hall–Kier alpha value is -3.13. The van der Waals surface area contributed by atoms with Crippen molar-refractivity contribution in [3.05, 3.63) is 89.5 Å². The smallest absolute Gasteiger partial charge is 0.344 e. The van der Waals surface area contributed by atoms with E-state index in [0.717, 1.165) is 0 Å². The molecule has 2 aliphatic heterocycles. The Kier molecular flexibility index (Phi) is 7.03. The van der Waals surface area contributed by atoms with Gasteiger partial charge in [0.15, 0.2) is 12.5 Å². The summed E-state index contributed by atoms with van der Waals surface area (Å²) in [6, 6.07) is 0. The molecule has 35 heavy (non-hydrogen) atoms. The van der Waals surface area contributed by atoms with E-state index in [-0.39, 0.29) is 13.2 Å². The summed E-state index contributed by atoms with van der Waals surface area (Å²) in [6.45, 7) is 2.40. The van der Waals surface area contributed by atoms with Crippen LogP contribution < -0.4 is 22.5 Å². The summed E-state index contributed by atoms with van der Waals surface area (Å²) in [5.41, 5.74) is -1.68. The van der Waals surface area contributed by atoms with E-state index in [1.165, 1.54) is 21.5 Å². The molecule has 0 fully saturated rings. The number of nitrogens with one attached hydrogen (secondary N) is 2. The lowest BCUT2D eigenvalue weighted by atomic mass is 10.3. The summed E-state index contributed by atoms with van der Waals surface area (Å²) >= 11 is 0. The van der Waals surface area contributed by atoms with Gasteiger partial charge in [0.25, 0.3) is 11.1 Å². The fourth-order valence-corrected chi connectivity index (χ4v) is 4.15. The maximum atomic E-state index is 12.3. The second kappa shape index (κ2) is 9.85. The van der Waals surface area contributed by atoms with Crippen molar-refractivity contribution in [3.63, 3.8) is 0 Å². The highest BCUT2D eigenvalue weighted by Crippen LogP contribution is 2.44. The quantitative estimate of drug-likeness (QED) is 0.316. The van der Waals surface area contributed by atoms with Gasteiger partial charge in [-0.1, -0.05) is 12.2 Å². The number of phosphoric acid groups is 1. The van der Waals surface area contributed by atoms with Crippen LogP contribution in [0.1, 0.15) is 23.6 Å². The molecule has 0 aromatic carbocycles. The number of hydrogen-bond acceptors (Lipinski definition) is 9. The highest BCUT2D eigenvalue weighted by molar-refractivity contribution is 7.47. The zero-order valence-corrected chi connectivity index (χ0v) is 19.5. The van der Waals surface area contributed by atoms with E-state index >= 15 is 0 Å². The minimum absolute atomic E-state index is 0.320. The van der Waals surface area contributed by atoms with Crippen LogP contribution in [0, 0.1) is 13.8 Å². The van der Waals surface area contributed by atoms with Gasteiger partial charge in [-0.25, -0.2) is 14.2 Å². The lowest BCUT2D eigenvalue weighted by Crippen LogP contribution is -2.33. The summed E-state index contributed by atoms with van der Waals surface area (Å²) in [5, 5.41) is 0. The van der Waals surface area contributed by atoms with Crippen LogP contribution in [0.4, 0.5) is 0 Å². The molecule has 4 atom stereocenters. The topological polar surface area (TPSA) is 184 Å². The van der Waals surface area contributed by atoms with Crippen LogP contribution in [0.2, 0.25) is 0 Å². The zero-order chi connectivity index (χ0) is 25.3. The predicted molar refractivity (Wildman–Crippen MR) is 120 cm³/mol. The number of aromatic nitrogens is 4. The zero-order valence-electron chi connectivity index (χ0n) is 18.7. The summed E-state index contributed by atoms with van der Waals surface area (Å²) in [4.78, 5) is 61.3. The summed E-state index contributed by atoms with van der Waals surface area (Å²) < 4.78 is 35.8. The molecule has 188 valence electrons. The van der Waals surface area contributed by atoms with E-state index in [1.54, 1.807) is 38.2 Å². The minimum Gasteiger partial charge on any atom is -0.344 e. The number of aromatic amines is 2. The van der Waals surface area contributed by atoms with Crippen molar-refractivity contribution in [2.24, 2.45) is 0 Å². The van der Waals surface area contributed by atoms with E-state index in [1.807, 2.05) is 0 Å². The average Bonchev–Trinajstić information content (AvgIpc) is 3.46. The average molecular weight is 510 g/mol. The first-order valence-electron chi connectivity index (χ1n) is 10.5. The van der Waals surface area contributed by atoms with Crippen LogP contribution in [0.5, 0.6) is 0 Å². The number of H-pyrrole nitrogens is 2. The van der Waals surface area contributed by atoms with Crippen LogP contribution in [0.15, 0.2) is 55.9 Å². The molecule has 0 spiro atoms. The Bertz CT molecular complexity index is 1350. The molecule has 15 heteroatoms. The molecule has 14 nitrogen and oxygen atoms in total. The first-order valence-corrected chi connectivity index (χ1v) is 12.0. The normalized spacial score (nSPS) is 23.9. The standard InChI is InChI=1S/C20H23N4O10P/c1-11-7-23(19(27)21-17(11)25)15-5-3-13(33-15)9-31-35(29,30)32-10-14-4-6-16(34-14)24-8-12(2)18(26)22-20(24)28/h3-8,13-16H,9-10H2,1-2H3,(H,29,30)(H,21,25,27)(H,22,26,28)/t13-,14-,15+,16+/m0/s1. The second-order valence-corrected chi connectivity index (χ2v) is 9.37. The Labute approximate surface area is 196 Å². The third-order valence-electron chi connectivity index (χ3n) is 5.25. The largest absolute Gasteiger partial charge is 0.472 e. The molecule has 4 rings (SSSR count). The molecule has 2 aromatic rings. The Morgan fingerprint density at radius 1 is 0.829 bits per heavy atom. The van der Waals surface area contributed by atoms with Crippen molar-refractivity contribution in [1.29, 1.82) is 0 Å². The number of hydrogen-bond donors (Lipinski definition) is 3. The monoisotopic (exact) mass is 510 g/mol. The number of phosphoric ester groups is 1. The van der Waals surface area contributed by atoms with Gasteiger partial charge < -0.3 is 14.4 Å². The number of aryl methyl sites for hydroxylation is 2. The van der Waals surface area contributed by atoms with Crippen LogP contribution in [-0.2, 0) is 23.1 Å². The van der Waals surface area contributed by atoms with E-state index in [0.29, 0.717) is 11.1 Å². The van der Waals surface area contributed by atoms with Gasteiger partial charge >= 0.3 is 19.2 Å². The molecule has 0 radical (unpaired) electrons. The van der Waals surface area contributed by atoms with Crippen molar-refractivity contribution < 1.29 is 28.0 Å². The molecule has 2 aromatic heterocycles. The molecule has 4 heterocycles. The second-order valence-electron chi connectivity index (χ2n) is 7.92.